The molecule has 23 heavy (non-hydrogen) atoms. The van der Waals surface area contributed by atoms with Gasteiger partial charge in [-0.05, 0) is 37.8 Å². The van der Waals surface area contributed by atoms with Crippen molar-refractivity contribution in [3.8, 4) is 0 Å². The third-order valence-electron chi connectivity index (χ3n) is 4.07. The van der Waals surface area contributed by atoms with Gasteiger partial charge in [-0.15, -0.1) is 11.8 Å². The summed E-state index contributed by atoms with van der Waals surface area (Å²) in [6.45, 7) is 9.75. The molecule has 0 bridgehead atoms. The maximum absolute atomic E-state index is 12.4. The number of hydrogen-bond acceptors (Lipinski definition) is 3. The van der Waals surface area contributed by atoms with Crippen LogP contribution in [0.4, 0.5) is 0 Å². The number of nitrogens with zero attached hydrogens (tertiary/aromatic N) is 1. The molecular weight excluding hydrogens is 328 g/mol. The third kappa shape index (κ3) is 6.02. The number of hydrogen-bond donors (Lipinski definition) is 1. The summed E-state index contributed by atoms with van der Waals surface area (Å²) >= 11 is 7.69. The lowest BCUT2D eigenvalue weighted by atomic mass is 10.0. The number of rotatable bonds is 6. The summed E-state index contributed by atoms with van der Waals surface area (Å²) < 4.78 is 0. The number of carbonyl (C=O) groups is 1. The summed E-state index contributed by atoms with van der Waals surface area (Å²) in [6, 6.07) is 7.98. The Hall–Kier alpha value is -0.710. The summed E-state index contributed by atoms with van der Waals surface area (Å²) in [6.07, 6.45) is 2.09. The Morgan fingerprint density at radius 2 is 1.96 bits per heavy atom. The van der Waals surface area contributed by atoms with Crippen molar-refractivity contribution in [2.75, 3.05) is 19.6 Å². The zero-order valence-electron chi connectivity index (χ0n) is 14.2. The van der Waals surface area contributed by atoms with Gasteiger partial charge in [-0.25, -0.2) is 0 Å². The van der Waals surface area contributed by atoms with E-state index in [0.717, 1.165) is 37.4 Å². The second-order valence-electron chi connectivity index (χ2n) is 6.67. The molecule has 128 valence electrons. The first kappa shape index (κ1) is 18.6. The molecule has 1 saturated heterocycles. The Labute approximate surface area is 149 Å². The second kappa shape index (κ2) is 8.95. The fraction of sp³-hybridized carbons (Fsp3) is 0.611. The van der Waals surface area contributed by atoms with E-state index < -0.39 is 0 Å². The number of likely N-dealkylation sites (tertiary alicyclic amines) is 1. The van der Waals surface area contributed by atoms with E-state index in [0.29, 0.717) is 17.0 Å². The lowest BCUT2D eigenvalue weighted by Crippen LogP contribution is -2.47. The van der Waals surface area contributed by atoms with Gasteiger partial charge in [0.1, 0.15) is 0 Å². The topological polar surface area (TPSA) is 32.3 Å². The van der Waals surface area contributed by atoms with Crippen molar-refractivity contribution >= 4 is 29.3 Å². The van der Waals surface area contributed by atoms with E-state index in [1.807, 2.05) is 31.2 Å². The molecule has 0 aromatic heterocycles. The normalized spacial score (nSPS) is 18.1. The van der Waals surface area contributed by atoms with Crippen molar-refractivity contribution in [3.05, 3.63) is 29.3 Å². The number of benzene rings is 1. The summed E-state index contributed by atoms with van der Waals surface area (Å²) in [5, 5.41) is 3.77. The van der Waals surface area contributed by atoms with E-state index >= 15 is 0 Å². The lowest BCUT2D eigenvalue weighted by Gasteiger charge is -2.33. The molecule has 1 amide bonds. The van der Waals surface area contributed by atoms with Crippen LogP contribution in [0.2, 0.25) is 5.02 Å². The Bertz CT molecular complexity index is 515. The molecule has 0 aliphatic carbocycles. The highest BCUT2D eigenvalue weighted by atomic mass is 35.5. The van der Waals surface area contributed by atoms with Gasteiger partial charge in [-0.1, -0.05) is 37.6 Å². The van der Waals surface area contributed by atoms with Gasteiger partial charge in [0.2, 0.25) is 5.91 Å². The molecule has 1 heterocycles. The van der Waals surface area contributed by atoms with Crippen LogP contribution in [0.5, 0.6) is 0 Å². The van der Waals surface area contributed by atoms with Gasteiger partial charge in [0.05, 0.1) is 10.3 Å². The summed E-state index contributed by atoms with van der Waals surface area (Å²) in [7, 11) is 0. The third-order valence-corrected chi connectivity index (χ3v) is 5.69. The summed E-state index contributed by atoms with van der Waals surface area (Å²) in [4.78, 5) is 15.9. The lowest BCUT2D eigenvalue weighted by molar-refractivity contribution is -0.121. The van der Waals surface area contributed by atoms with Crippen molar-refractivity contribution in [3.63, 3.8) is 0 Å². The molecule has 0 radical (unpaired) electrons. The van der Waals surface area contributed by atoms with E-state index in [9.17, 15) is 4.79 Å². The molecule has 1 aromatic rings. The first-order chi connectivity index (χ1) is 11.0. The van der Waals surface area contributed by atoms with Crippen molar-refractivity contribution in [2.24, 2.45) is 5.92 Å². The standard InChI is InChI=1S/C18H27ClN2OS/c1-13(2)12-21-10-8-15(9-11-21)20-18(22)14(3)23-17-7-5-4-6-16(17)19/h4-7,13-15H,8-12H2,1-3H3,(H,20,22)/t14-/m0/s1. The molecule has 1 atom stereocenters. The minimum Gasteiger partial charge on any atom is -0.352 e. The van der Waals surface area contributed by atoms with Crippen LogP contribution in [0.15, 0.2) is 29.2 Å². The minimum atomic E-state index is -0.136. The largest absolute Gasteiger partial charge is 0.352 e. The van der Waals surface area contributed by atoms with E-state index in [-0.39, 0.29) is 11.2 Å². The number of halogens is 1. The first-order valence-electron chi connectivity index (χ1n) is 8.39. The highest BCUT2D eigenvalue weighted by Gasteiger charge is 2.23. The monoisotopic (exact) mass is 354 g/mol. The van der Waals surface area contributed by atoms with Crippen LogP contribution < -0.4 is 5.32 Å². The first-order valence-corrected chi connectivity index (χ1v) is 9.65. The van der Waals surface area contributed by atoms with Gasteiger partial charge in [-0.2, -0.15) is 0 Å². The molecule has 5 heteroatoms. The molecule has 1 aliphatic rings. The molecule has 0 spiro atoms. The highest BCUT2D eigenvalue weighted by Crippen LogP contribution is 2.30. The molecule has 1 N–H and O–H groups in total. The van der Waals surface area contributed by atoms with Gasteiger partial charge in [0, 0.05) is 30.6 Å². The van der Waals surface area contributed by atoms with Crippen LogP contribution >= 0.6 is 23.4 Å². The number of thioether (sulfide) groups is 1. The van der Waals surface area contributed by atoms with E-state index in [1.54, 1.807) is 0 Å². The molecule has 1 aromatic carbocycles. The van der Waals surface area contributed by atoms with Crippen LogP contribution in [0.3, 0.4) is 0 Å². The minimum absolute atomic E-state index is 0.109. The van der Waals surface area contributed by atoms with E-state index in [4.69, 9.17) is 11.6 Å². The zero-order valence-corrected chi connectivity index (χ0v) is 15.8. The molecule has 0 unspecified atom stereocenters. The van der Waals surface area contributed by atoms with Crippen LogP contribution in [-0.4, -0.2) is 41.7 Å². The van der Waals surface area contributed by atoms with Crippen LogP contribution in [0, 0.1) is 5.92 Å². The fourth-order valence-electron chi connectivity index (χ4n) is 2.88. The van der Waals surface area contributed by atoms with E-state index in [1.165, 1.54) is 11.8 Å². The van der Waals surface area contributed by atoms with Gasteiger partial charge in [-0.3, -0.25) is 4.79 Å². The highest BCUT2D eigenvalue weighted by molar-refractivity contribution is 8.00. The molecule has 1 fully saturated rings. The number of piperidine rings is 1. The Balaban J connectivity index is 1.77. The van der Waals surface area contributed by atoms with Crippen molar-refractivity contribution in [2.45, 2.75) is 49.8 Å². The average molecular weight is 355 g/mol. The smallest absolute Gasteiger partial charge is 0.233 e. The average Bonchev–Trinajstić information content (AvgIpc) is 2.51. The zero-order chi connectivity index (χ0) is 16.8. The molecule has 0 saturated carbocycles. The number of nitrogens with one attached hydrogen (secondary N) is 1. The molecule has 2 rings (SSSR count). The number of carbonyl (C=O) groups excluding carboxylic acids is 1. The van der Waals surface area contributed by atoms with E-state index in [2.05, 4.69) is 24.1 Å². The molecule has 1 aliphatic heterocycles. The maximum Gasteiger partial charge on any atom is 0.233 e. The quantitative estimate of drug-likeness (QED) is 0.782. The van der Waals surface area contributed by atoms with Gasteiger partial charge < -0.3 is 10.2 Å². The predicted octanol–water partition coefficient (Wildman–Crippen LogP) is 4.06. The molecule has 3 nitrogen and oxygen atoms in total. The van der Waals surface area contributed by atoms with Gasteiger partial charge in [0.15, 0.2) is 0 Å². The SMILES string of the molecule is CC(C)CN1CCC(NC(=O)[C@H](C)Sc2ccccc2Cl)CC1. The maximum atomic E-state index is 12.4. The predicted molar refractivity (Wildman–Crippen MR) is 99.2 cm³/mol. The fourth-order valence-corrected chi connectivity index (χ4v) is 4.04. The summed E-state index contributed by atoms with van der Waals surface area (Å²) in [5.74, 6) is 0.811. The Kier molecular flexibility index (Phi) is 7.25. The van der Waals surface area contributed by atoms with Crippen LogP contribution in [0.25, 0.3) is 0 Å². The molecular formula is C18H27ClN2OS. The second-order valence-corrected chi connectivity index (χ2v) is 8.46. The van der Waals surface area contributed by atoms with Crippen molar-refractivity contribution < 1.29 is 4.79 Å². The Morgan fingerprint density at radius 3 is 2.57 bits per heavy atom. The van der Waals surface area contributed by atoms with Gasteiger partial charge >= 0.3 is 0 Å². The van der Waals surface area contributed by atoms with Crippen LogP contribution in [-0.2, 0) is 4.79 Å². The van der Waals surface area contributed by atoms with Crippen molar-refractivity contribution in [1.82, 2.24) is 10.2 Å². The van der Waals surface area contributed by atoms with Gasteiger partial charge in [0.25, 0.3) is 0 Å². The Morgan fingerprint density at radius 1 is 1.30 bits per heavy atom. The van der Waals surface area contributed by atoms with Crippen LogP contribution in [0.1, 0.15) is 33.6 Å². The number of amides is 1. The van der Waals surface area contributed by atoms with Crippen molar-refractivity contribution in [1.29, 1.82) is 0 Å². The summed E-state index contributed by atoms with van der Waals surface area (Å²) in [5.41, 5.74) is 0.